The molecule has 2 aliphatic heterocycles. The first-order chi connectivity index (χ1) is 16.9. The van der Waals surface area contributed by atoms with Gasteiger partial charge < -0.3 is 24.8 Å². The third kappa shape index (κ3) is 3.83. The molecule has 8 heteroatoms. The van der Waals surface area contributed by atoms with Gasteiger partial charge in [0.15, 0.2) is 22.3 Å². The standard InChI is InChI=1S/C27H27N3O4S/c1-16-7-5-8-18(15-16)30-26(35)29-23-20-9-6-10-21(33-4)24(20)34-27(30,2)22(23)25(31)28-17-11-13-19(32-3)14-12-17/h5-15,22-23H,1-4H3,(H,28,31)(H,29,35)/t22-,23+,27+/m0/s1. The van der Waals surface area contributed by atoms with E-state index in [2.05, 4.69) is 10.6 Å². The lowest BCUT2D eigenvalue weighted by Crippen LogP contribution is -2.72. The fraction of sp³-hybridized carbons (Fsp3) is 0.259. The lowest BCUT2D eigenvalue weighted by Gasteiger charge is -2.56. The summed E-state index contributed by atoms with van der Waals surface area (Å²) in [4.78, 5) is 15.8. The van der Waals surface area contributed by atoms with Gasteiger partial charge in [0.1, 0.15) is 11.7 Å². The molecule has 5 rings (SSSR count). The summed E-state index contributed by atoms with van der Waals surface area (Å²) in [5.74, 6) is 1.09. The van der Waals surface area contributed by atoms with Gasteiger partial charge in [0.25, 0.3) is 0 Å². The van der Waals surface area contributed by atoms with Crippen molar-refractivity contribution >= 4 is 34.6 Å². The van der Waals surface area contributed by atoms with E-state index in [1.165, 1.54) is 0 Å². The number of anilines is 2. The maximum Gasteiger partial charge on any atom is 0.236 e. The van der Waals surface area contributed by atoms with E-state index in [9.17, 15) is 4.79 Å². The van der Waals surface area contributed by atoms with Crippen LogP contribution in [0.25, 0.3) is 0 Å². The molecule has 2 heterocycles. The predicted octanol–water partition coefficient (Wildman–Crippen LogP) is 4.81. The summed E-state index contributed by atoms with van der Waals surface area (Å²) in [6.45, 7) is 3.92. The molecule has 0 radical (unpaired) electrons. The molecule has 0 unspecified atom stereocenters. The molecule has 1 saturated heterocycles. The Hall–Kier alpha value is -3.78. The molecule has 180 valence electrons. The summed E-state index contributed by atoms with van der Waals surface area (Å²) in [6.07, 6.45) is 0. The number of hydrogen-bond acceptors (Lipinski definition) is 5. The van der Waals surface area contributed by atoms with E-state index in [1.807, 2.05) is 85.5 Å². The van der Waals surface area contributed by atoms with Crippen molar-refractivity contribution in [1.82, 2.24) is 5.32 Å². The van der Waals surface area contributed by atoms with Gasteiger partial charge in [0, 0.05) is 16.9 Å². The van der Waals surface area contributed by atoms with E-state index in [4.69, 9.17) is 26.4 Å². The summed E-state index contributed by atoms with van der Waals surface area (Å²) in [5, 5.41) is 6.97. The molecular formula is C27H27N3O4S. The van der Waals surface area contributed by atoms with Gasteiger partial charge in [-0.3, -0.25) is 9.69 Å². The highest BCUT2D eigenvalue weighted by molar-refractivity contribution is 7.80. The van der Waals surface area contributed by atoms with Crippen molar-refractivity contribution in [3.05, 3.63) is 77.9 Å². The molecule has 3 aromatic rings. The highest BCUT2D eigenvalue weighted by Crippen LogP contribution is 2.52. The third-order valence-electron chi connectivity index (χ3n) is 6.61. The van der Waals surface area contributed by atoms with Crippen molar-refractivity contribution in [2.45, 2.75) is 25.6 Å². The quantitative estimate of drug-likeness (QED) is 0.498. The van der Waals surface area contributed by atoms with Gasteiger partial charge >= 0.3 is 0 Å². The number of nitrogens with zero attached hydrogens (tertiary/aromatic N) is 1. The largest absolute Gasteiger partial charge is 0.497 e. The van der Waals surface area contributed by atoms with Crippen molar-refractivity contribution < 1.29 is 19.0 Å². The Morgan fingerprint density at radius 2 is 1.83 bits per heavy atom. The van der Waals surface area contributed by atoms with E-state index in [1.54, 1.807) is 14.2 Å². The number of fused-ring (bicyclic) bond motifs is 4. The van der Waals surface area contributed by atoms with Gasteiger partial charge in [-0.2, -0.15) is 0 Å². The molecule has 2 aliphatic rings. The van der Waals surface area contributed by atoms with Crippen LogP contribution >= 0.6 is 12.2 Å². The van der Waals surface area contributed by atoms with Crippen LogP contribution in [0, 0.1) is 12.8 Å². The van der Waals surface area contributed by atoms with Crippen LogP contribution < -0.4 is 29.7 Å². The van der Waals surface area contributed by atoms with E-state index >= 15 is 0 Å². The Morgan fingerprint density at radius 3 is 2.51 bits per heavy atom. The van der Waals surface area contributed by atoms with Crippen LogP contribution in [-0.4, -0.2) is 31.0 Å². The number of benzene rings is 3. The predicted molar refractivity (Wildman–Crippen MR) is 139 cm³/mol. The van der Waals surface area contributed by atoms with Crippen LogP contribution in [0.2, 0.25) is 0 Å². The summed E-state index contributed by atoms with van der Waals surface area (Å²) in [6, 6.07) is 20.5. The van der Waals surface area contributed by atoms with E-state index in [0.29, 0.717) is 28.0 Å². The number of methoxy groups -OCH3 is 2. The van der Waals surface area contributed by atoms with Crippen molar-refractivity contribution in [3.63, 3.8) is 0 Å². The molecule has 1 fully saturated rings. The number of aryl methyl sites for hydroxylation is 1. The number of para-hydroxylation sites is 1. The van der Waals surface area contributed by atoms with Crippen LogP contribution in [-0.2, 0) is 4.79 Å². The molecule has 7 nitrogen and oxygen atoms in total. The first-order valence-corrected chi connectivity index (χ1v) is 11.7. The second-order valence-electron chi connectivity index (χ2n) is 8.83. The zero-order chi connectivity index (χ0) is 24.7. The zero-order valence-corrected chi connectivity index (χ0v) is 20.8. The van der Waals surface area contributed by atoms with Crippen LogP contribution in [0.15, 0.2) is 66.7 Å². The van der Waals surface area contributed by atoms with Crippen molar-refractivity contribution in [3.8, 4) is 17.2 Å². The first kappa shape index (κ1) is 23.0. The number of nitrogens with one attached hydrogen (secondary N) is 2. The zero-order valence-electron chi connectivity index (χ0n) is 20.0. The Bertz CT molecular complexity index is 1300. The fourth-order valence-corrected chi connectivity index (χ4v) is 5.39. The first-order valence-electron chi connectivity index (χ1n) is 11.3. The number of hydrogen-bond donors (Lipinski definition) is 2. The van der Waals surface area contributed by atoms with Gasteiger partial charge in [-0.15, -0.1) is 0 Å². The molecule has 0 spiro atoms. The van der Waals surface area contributed by atoms with Crippen molar-refractivity contribution in [2.24, 2.45) is 5.92 Å². The fourth-order valence-electron chi connectivity index (χ4n) is 4.98. The second-order valence-corrected chi connectivity index (χ2v) is 9.22. The van der Waals surface area contributed by atoms with Gasteiger partial charge in [-0.25, -0.2) is 0 Å². The average molecular weight is 490 g/mol. The summed E-state index contributed by atoms with van der Waals surface area (Å²) >= 11 is 5.82. The monoisotopic (exact) mass is 489 g/mol. The second kappa shape index (κ2) is 8.78. The number of amides is 1. The number of rotatable bonds is 5. The lowest BCUT2D eigenvalue weighted by atomic mass is 9.78. The highest BCUT2D eigenvalue weighted by atomic mass is 32.1. The van der Waals surface area contributed by atoms with Gasteiger partial charge in [-0.1, -0.05) is 24.3 Å². The lowest BCUT2D eigenvalue weighted by molar-refractivity contribution is -0.130. The van der Waals surface area contributed by atoms with Crippen molar-refractivity contribution in [1.29, 1.82) is 0 Å². The maximum absolute atomic E-state index is 13.9. The molecule has 3 aromatic carbocycles. The maximum atomic E-state index is 13.9. The van der Waals surface area contributed by atoms with Crippen LogP contribution in [0.1, 0.15) is 24.1 Å². The molecule has 0 aliphatic carbocycles. The van der Waals surface area contributed by atoms with Gasteiger partial charge in [-0.05, 0) is 74.1 Å². The summed E-state index contributed by atoms with van der Waals surface area (Å²) in [5.41, 5.74) is 2.27. The Morgan fingerprint density at radius 1 is 1.09 bits per heavy atom. The topological polar surface area (TPSA) is 72.1 Å². The SMILES string of the molecule is COc1ccc(NC(=O)[C@@H]2[C@@H]3NC(=S)N(c4cccc(C)c4)[C@]2(C)Oc2c(OC)cccc23)cc1. The Kier molecular flexibility index (Phi) is 5.76. The van der Waals surface area contributed by atoms with Crippen LogP contribution in [0.3, 0.4) is 0 Å². The molecule has 2 N–H and O–H groups in total. The molecule has 1 amide bonds. The average Bonchev–Trinajstić information content (AvgIpc) is 2.83. The smallest absolute Gasteiger partial charge is 0.236 e. The molecular weight excluding hydrogens is 462 g/mol. The van der Waals surface area contributed by atoms with Crippen LogP contribution in [0.5, 0.6) is 17.2 Å². The van der Waals surface area contributed by atoms with Crippen molar-refractivity contribution in [2.75, 3.05) is 24.4 Å². The van der Waals surface area contributed by atoms with E-state index in [0.717, 1.165) is 16.8 Å². The minimum absolute atomic E-state index is 0.191. The number of carbonyl (C=O) groups is 1. The molecule has 3 atom stereocenters. The highest BCUT2D eigenvalue weighted by Gasteiger charge is 2.59. The minimum atomic E-state index is -1.13. The molecule has 2 bridgehead atoms. The summed E-state index contributed by atoms with van der Waals surface area (Å²) in [7, 11) is 3.21. The van der Waals surface area contributed by atoms with Gasteiger partial charge in [0.05, 0.1) is 20.3 Å². The van der Waals surface area contributed by atoms with E-state index < -0.39 is 17.7 Å². The normalized spacial score (nSPS) is 22.4. The molecule has 0 aromatic heterocycles. The van der Waals surface area contributed by atoms with Gasteiger partial charge in [0.2, 0.25) is 5.91 Å². The number of ether oxygens (including phenoxy) is 3. The number of carbonyl (C=O) groups excluding carboxylic acids is 1. The Balaban J connectivity index is 1.62. The Labute approximate surface area is 210 Å². The summed E-state index contributed by atoms with van der Waals surface area (Å²) < 4.78 is 17.5. The number of thiocarbonyl (C=S) groups is 1. The molecule has 35 heavy (non-hydrogen) atoms. The van der Waals surface area contributed by atoms with Crippen LogP contribution in [0.4, 0.5) is 11.4 Å². The van der Waals surface area contributed by atoms with E-state index in [-0.39, 0.29) is 5.91 Å². The minimum Gasteiger partial charge on any atom is -0.497 e. The third-order valence-corrected chi connectivity index (χ3v) is 6.91. The molecule has 0 saturated carbocycles.